The molecule has 1 fully saturated rings. The van der Waals surface area contributed by atoms with Crippen LogP contribution >= 0.6 is 23.5 Å². The van der Waals surface area contributed by atoms with E-state index in [-0.39, 0.29) is 45.2 Å². The Labute approximate surface area is 315 Å². The van der Waals surface area contributed by atoms with E-state index in [4.69, 9.17) is 4.74 Å². The van der Waals surface area contributed by atoms with Gasteiger partial charge in [-0.05, 0) is 77.0 Å². The van der Waals surface area contributed by atoms with Crippen molar-refractivity contribution < 1.29 is 28.2 Å². The van der Waals surface area contributed by atoms with E-state index >= 15 is 0 Å². The molecule has 2 N–H and O–H groups in total. The number of carboxylic acid groups (broad SMARTS) is 1. The van der Waals surface area contributed by atoms with Gasteiger partial charge in [0.25, 0.3) is 0 Å². The summed E-state index contributed by atoms with van der Waals surface area (Å²) in [6.07, 6.45) is 1.08. The number of methoxy groups -OCH3 is 1. The summed E-state index contributed by atoms with van der Waals surface area (Å²) in [7, 11) is -2.20. The lowest BCUT2D eigenvalue weighted by atomic mass is 9.79. The zero-order valence-corrected chi connectivity index (χ0v) is 35.1. The Hall–Kier alpha value is -2.66. The lowest BCUT2D eigenvalue weighted by molar-refractivity contribution is 0.0696. The molecule has 51 heavy (non-hydrogen) atoms. The Morgan fingerprint density at radius 3 is 1.51 bits per heavy atom. The number of phenols is 1. The van der Waals surface area contributed by atoms with Gasteiger partial charge in [0.15, 0.2) is 0 Å². The molecular weight excluding hydrogens is 699 g/mol. The highest BCUT2D eigenvalue weighted by Crippen LogP contribution is 2.55. The minimum Gasteiger partial charge on any atom is -0.507 e. The van der Waals surface area contributed by atoms with E-state index in [2.05, 4.69) is 107 Å². The minimum atomic E-state index is -3.93. The third kappa shape index (κ3) is 9.11. The average molecular weight is 756 g/mol. The number of nitrogens with zero attached hydrogens (tertiary/aromatic N) is 1. The zero-order chi connectivity index (χ0) is 38.5. The second-order valence-electron chi connectivity index (χ2n) is 17.8. The van der Waals surface area contributed by atoms with Crippen molar-refractivity contribution in [2.75, 3.05) is 20.2 Å². The van der Waals surface area contributed by atoms with E-state index in [1.54, 1.807) is 30.6 Å². The molecule has 1 heterocycles. The predicted molar refractivity (Wildman–Crippen MR) is 212 cm³/mol. The number of phenolic OH excluding ortho intramolecular Hbond substituents is 1. The van der Waals surface area contributed by atoms with Crippen molar-refractivity contribution in [1.82, 2.24) is 4.31 Å². The molecule has 10 heteroatoms. The molecule has 0 unspecified atom stereocenters. The van der Waals surface area contributed by atoms with Crippen molar-refractivity contribution in [3.63, 3.8) is 0 Å². The number of piperidine rings is 1. The summed E-state index contributed by atoms with van der Waals surface area (Å²) in [6, 6.07) is 14.3. The second kappa shape index (κ2) is 14.3. The maximum Gasteiger partial charge on any atom is 0.335 e. The third-order valence-corrected chi connectivity index (χ3v) is 14.3. The minimum absolute atomic E-state index is 0.0156. The van der Waals surface area contributed by atoms with Gasteiger partial charge in [0.1, 0.15) is 11.5 Å². The molecule has 1 aliphatic rings. The van der Waals surface area contributed by atoms with Crippen molar-refractivity contribution in [2.24, 2.45) is 0 Å². The second-order valence-corrected chi connectivity index (χ2v) is 22.9. The molecule has 0 radical (unpaired) electrons. The van der Waals surface area contributed by atoms with Crippen LogP contribution in [-0.4, -0.2) is 53.2 Å². The van der Waals surface area contributed by atoms with Crippen LogP contribution in [0.5, 0.6) is 11.5 Å². The fraction of sp³-hybridized carbons (Fsp3) is 0.537. The van der Waals surface area contributed by atoms with E-state index in [1.807, 2.05) is 0 Å². The predicted octanol–water partition coefficient (Wildman–Crippen LogP) is 10.4. The number of thioether (sulfide) groups is 2. The van der Waals surface area contributed by atoms with Crippen LogP contribution in [0.2, 0.25) is 0 Å². The zero-order valence-electron chi connectivity index (χ0n) is 32.6. The summed E-state index contributed by atoms with van der Waals surface area (Å²) in [5, 5.41) is 21.0. The normalized spacial score (nSPS) is 16.3. The molecular formula is C41H57NO6S3. The molecule has 3 aromatic carbocycles. The summed E-state index contributed by atoms with van der Waals surface area (Å²) in [5.41, 5.74) is 2.95. The number of aromatic carboxylic acids is 1. The van der Waals surface area contributed by atoms with Crippen LogP contribution < -0.4 is 4.74 Å². The summed E-state index contributed by atoms with van der Waals surface area (Å²) < 4.78 is 34.9. The molecule has 0 saturated carbocycles. The van der Waals surface area contributed by atoms with Crippen molar-refractivity contribution in [3.05, 3.63) is 76.3 Å². The number of benzene rings is 3. The standard InChI is InChI=1S/C41H57NO6S3/c1-37(2,3)30-22-27(23-31(34(30)43)38(4,5)6)49-41(50-28-24-32(39(7,8)9)35(48-13)33(25-28)40(10,11)12)17-19-42(20-18-41)51(46,47)29-16-14-15-26(21-29)36(44)45/h14-16,21-25,43H,17-20H2,1-13H3,(H,44,45). The Morgan fingerprint density at radius 1 is 0.725 bits per heavy atom. The molecule has 0 amide bonds. The summed E-state index contributed by atoms with van der Waals surface area (Å²) in [4.78, 5) is 13.8. The van der Waals surface area contributed by atoms with Gasteiger partial charge >= 0.3 is 5.97 Å². The van der Waals surface area contributed by atoms with E-state index in [9.17, 15) is 23.4 Å². The van der Waals surface area contributed by atoms with Gasteiger partial charge in [-0.15, -0.1) is 23.5 Å². The number of carbonyl (C=O) groups is 1. The van der Waals surface area contributed by atoms with Crippen LogP contribution in [0.3, 0.4) is 0 Å². The van der Waals surface area contributed by atoms with Gasteiger partial charge in [-0.1, -0.05) is 89.2 Å². The Bertz CT molecular complexity index is 1810. The Balaban J connectivity index is 1.87. The van der Waals surface area contributed by atoms with E-state index < -0.39 is 20.1 Å². The first-order valence-corrected chi connectivity index (χ1v) is 20.6. The van der Waals surface area contributed by atoms with Crippen molar-refractivity contribution in [1.29, 1.82) is 0 Å². The molecule has 280 valence electrons. The molecule has 0 aliphatic carbocycles. The van der Waals surface area contributed by atoms with Gasteiger partial charge in [-0.3, -0.25) is 0 Å². The van der Waals surface area contributed by atoms with E-state index in [1.165, 1.54) is 28.6 Å². The fourth-order valence-electron chi connectivity index (χ4n) is 6.47. The van der Waals surface area contributed by atoms with Crippen LogP contribution in [-0.2, 0) is 31.7 Å². The molecule has 1 aliphatic heterocycles. The lowest BCUT2D eigenvalue weighted by Gasteiger charge is -2.41. The molecule has 0 aromatic heterocycles. The molecule has 1 saturated heterocycles. The van der Waals surface area contributed by atoms with Crippen molar-refractivity contribution in [3.8, 4) is 11.5 Å². The first kappa shape index (κ1) is 41.1. The molecule has 0 atom stereocenters. The van der Waals surface area contributed by atoms with Crippen LogP contribution in [0.4, 0.5) is 0 Å². The maximum atomic E-state index is 13.9. The van der Waals surface area contributed by atoms with Crippen molar-refractivity contribution >= 4 is 39.5 Å². The molecule has 4 rings (SSSR count). The van der Waals surface area contributed by atoms with Crippen LogP contribution in [0.15, 0.2) is 63.2 Å². The van der Waals surface area contributed by atoms with E-state index in [0.717, 1.165) is 37.8 Å². The van der Waals surface area contributed by atoms with Crippen LogP contribution in [0.25, 0.3) is 0 Å². The first-order chi connectivity index (χ1) is 23.2. The highest BCUT2D eigenvalue weighted by Gasteiger charge is 2.42. The number of rotatable bonds is 8. The highest BCUT2D eigenvalue weighted by molar-refractivity contribution is 8.18. The number of aromatic hydroxyl groups is 1. The van der Waals surface area contributed by atoms with Gasteiger partial charge < -0.3 is 14.9 Å². The number of hydrogen-bond donors (Lipinski definition) is 2. The van der Waals surface area contributed by atoms with Gasteiger partial charge in [-0.2, -0.15) is 4.31 Å². The van der Waals surface area contributed by atoms with E-state index in [0.29, 0.717) is 18.6 Å². The topological polar surface area (TPSA) is 104 Å². The molecule has 7 nitrogen and oxygen atoms in total. The highest BCUT2D eigenvalue weighted by atomic mass is 32.2. The summed E-state index contributed by atoms with van der Waals surface area (Å²) in [6.45, 7) is 26.3. The average Bonchev–Trinajstić information content (AvgIpc) is 2.99. The first-order valence-electron chi connectivity index (χ1n) is 17.5. The molecule has 0 spiro atoms. The van der Waals surface area contributed by atoms with Gasteiger partial charge in [0, 0.05) is 45.1 Å². The largest absolute Gasteiger partial charge is 0.507 e. The smallest absolute Gasteiger partial charge is 0.335 e. The maximum absolute atomic E-state index is 13.9. The monoisotopic (exact) mass is 755 g/mol. The lowest BCUT2D eigenvalue weighted by Crippen LogP contribution is -2.43. The number of sulfonamides is 1. The number of ether oxygens (including phenoxy) is 1. The van der Waals surface area contributed by atoms with Gasteiger partial charge in [0.2, 0.25) is 10.0 Å². The van der Waals surface area contributed by atoms with Crippen LogP contribution in [0.1, 0.15) is 129 Å². The SMILES string of the molecule is COc1c(C(C)(C)C)cc(SC2(Sc3cc(C(C)(C)C)c(O)c(C(C)(C)C)c3)CCN(S(=O)(=O)c3cccc(C(=O)O)c3)CC2)cc1C(C)(C)C. The Morgan fingerprint density at radius 2 is 1.14 bits per heavy atom. The Kier molecular flexibility index (Phi) is 11.5. The molecule has 3 aromatic rings. The molecule has 0 bridgehead atoms. The summed E-state index contributed by atoms with van der Waals surface area (Å²) >= 11 is 3.53. The van der Waals surface area contributed by atoms with Crippen LogP contribution in [0, 0.1) is 0 Å². The third-order valence-electron chi connectivity index (χ3n) is 9.39. The van der Waals surface area contributed by atoms with Gasteiger partial charge in [-0.25, -0.2) is 13.2 Å². The van der Waals surface area contributed by atoms with Crippen molar-refractivity contribution in [2.45, 2.75) is 136 Å². The number of carboxylic acids is 1. The number of hydrogen-bond acceptors (Lipinski definition) is 7. The fourth-order valence-corrected chi connectivity index (χ4v) is 11.0. The quantitative estimate of drug-likeness (QED) is 0.219. The van der Waals surface area contributed by atoms with Gasteiger partial charge in [0.05, 0.1) is 21.6 Å². The summed E-state index contributed by atoms with van der Waals surface area (Å²) in [5.74, 6) is 0.0542.